The van der Waals surface area contributed by atoms with Crippen LogP contribution in [0.3, 0.4) is 0 Å². The van der Waals surface area contributed by atoms with Gasteiger partial charge in [0, 0.05) is 6.07 Å². The first-order valence-corrected chi connectivity index (χ1v) is 9.89. The Morgan fingerprint density at radius 1 is 1.04 bits per heavy atom. The third-order valence-corrected chi connectivity index (χ3v) is 5.66. The average molecular weight is 355 g/mol. The molecule has 0 aliphatic rings. The van der Waals surface area contributed by atoms with Gasteiger partial charge in [-0.3, -0.25) is 4.72 Å². The van der Waals surface area contributed by atoms with Crippen molar-refractivity contribution in [3.8, 4) is 11.5 Å². The van der Waals surface area contributed by atoms with Crippen LogP contribution >= 0.6 is 11.3 Å². The molecule has 1 N–H and O–H groups in total. The Morgan fingerprint density at radius 2 is 1.74 bits per heavy atom. The zero-order chi connectivity index (χ0) is 16.7. The molecule has 0 saturated heterocycles. The molecule has 2 rings (SSSR count). The summed E-state index contributed by atoms with van der Waals surface area (Å²) in [5, 5.41) is 1.73. The topological polar surface area (TPSA) is 64.6 Å². The molecule has 0 saturated carbocycles. The van der Waals surface area contributed by atoms with Crippen LogP contribution in [0.25, 0.3) is 0 Å². The van der Waals surface area contributed by atoms with Gasteiger partial charge in [0.25, 0.3) is 10.0 Å². The summed E-state index contributed by atoms with van der Waals surface area (Å²) < 4.78 is 38.7. The molecule has 1 heterocycles. The van der Waals surface area contributed by atoms with Crippen LogP contribution in [-0.2, 0) is 10.0 Å². The fraction of sp³-hybridized carbons (Fsp3) is 0.375. The number of hydrogen-bond acceptors (Lipinski definition) is 5. The van der Waals surface area contributed by atoms with Gasteiger partial charge in [0.1, 0.15) is 4.21 Å². The zero-order valence-corrected chi connectivity index (χ0v) is 14.9. The SMILES string of the molecule is CCCOc1ccc(NS(=O)(=O)c2cccs2)cc1OCCC. The van der Waals surface area contributed by atoms with Gasteiger partial charge in [-0.05, 0) is 36.4 Å². The number of hydrogen-bond donors (Lipinski definition) is 1. The lowest BCUT2D eigenvalue weighted by Gasteiger charge is -2.14. The van der Waals surface area contributed by atoms with E-state index >= 15 is 0 Å². The normalized spacial score (nSPS) is 11.2. The molecule has 0 radical (unpaired) electrons. The molecule has 1 aromatic heterocycles. The van der Waals surface area contributed by atoms with Gasteiger partial charge in [-0.2, -0.15) is 0 Å². The van der Waals surface area contributed by atoms with Crippen LogP contribution in [0.2, 0.25) is 0 Å². The minimum absolute atomic E-state index is 0.278. The summed E-state index contributed by atoms with van der Waals surface area (Å²) in [6.07, 6.45) is 1.75. The van der Waals surface area contributed by atoms with Crippen LogP contribution in [0.5, 0.6) is 11.5 Å². The Bertz CT molecular complexity index is 712. The zero-order valence-electron chi connectivity index (χ0n) is 13.2. The summed E-state index contributed by atoms with van der Waals surface area (Å²) in [5.74, 6) is 1.17. The minimum atomic E-state index is -3.56. The smallest absolute Gasteiger partial charge is 0.271 e. The van der Waals surface area contributed by atoms with Crippen molar-refractivity contribution in [2.45, 2.75) is 30.9 Å². The van der Waals surface area contributed by atoms with E-state index in [1.54, 1.807) is 35.7 Å². The highest BCUT2D eigenvalue weighted by molar-refractivity contribution is 7.94. The molecule has 0 fully saturated rings. The maximum Gasteiger partial charge on any atom is 0.271 e. The van der Waals surface area contributed by atoms with Gasteiger partial charge >= 0.3 is 0 Å². The molecular weight excluding hydrogens is 334 g/mol. The fourth-order valence-corrected chi connectivity index (χ4v) is 3.89. The third-order valence-electron chi connectivity index (χ3n) is 2.88. The highest BCUT2D eigenvalue weighted by Crippen LogP contribution is 2.32. The second kappa shape index (κ2) is 8.21. The van der Waals surface area contributed by atoms with Crippen molar-refractivity contribution in [3.63, 3.8) is 0 Å². The molecule has 2 aromatic rings. The van der Waals surface area contributed by atoms with Gasteiger partial charge < -0.3 is 9.47 Å². The van der Waals surface area contributed by atoms with Crippen LogP contribution in [0.1, 0.15) is 26.7 Å². The minimum Gasteiger partial charge on any atom is -0.490 e. The van der Waals surface area contributed by atoms with Gasteiger partial charge in [-0.25, -0.2) is 8.42 Å². The van der Waals surface area contributed by atoms with Crippen molar-refractivity contribution < 1.29 is 17.9 Å². The predicted octanol–water partition coefficient (Wildman–Crippen LogP) is 4.13. The van der Waals surface area contributed by atoms with Gasteiger partial charge in [0.15, 0.2) is 11.5 Å². The first kappa shape index (κ1) is 17.6. The summed E-state index contributed by atoms with van der Waals surface area (Å²) in [6.45, 7) is 5.17. The highest BCUT2D eigenvalue weighted by Gasteiger charge is 2.16. The molecule has 0 aliphatic heterocycles. The molecule has 1 aromatic carbocycles. The molecule has 0 unspecified atom stereocenters. The Kier molecular flexibility index (Phi) is 6.29. The Morgan fingerprint density at radius 3 is 2.35 bits per heavy atom. The van der Waals surface area contributed by atoms with E-state index in [4.69, 9.17) is 9.47 Å². The fourth-order valence-electron chi connectivity index (χ4n) is 1.85. The van der Waals surface area contributed by atoms with E-state index in [0.717, 1.165) is 12.8 Å². The average Bonchev–Trinajstić information content (AvgIpc) is 3.07. The molecule has 0 atom stereocenters. The Labute approximate surface area is 141 Å². The van der Waals surface area contributed by atoms with E-state index in [1.165, 1.54) is 11.3 Å². The second-order valence-electron chi connectivity index (χ2n) is 4.90. The number of rotatable bonds is 9. The lowest BCUT2D eigenvalue weighted by molar-refractivity contribution is 0.268. The summed E-state index contributed by atoms with van der Waals surface area (Å²) in [7, 11) is -3.56. The lowest BCUT2D eigenvalue weighted by atomic mass is 10.3. The Hall–Kier alpha value is -1.73. The monoisotopic (exact) mass is 355 g/mol. The second-order valence-corrected chi connectivity index (χ2v) is 7.75. The first-order chi connectivity index (χ1) is 11.1. The lowest BCUT2D eigenvalue weighted by Crippen LogP contribution is -2.11. The molecule has 0 spiro atoms. The van der Waals surface area contributed by atoms with Crippen molar-refractivity contribution in [1.29, 1.82) is 0 Å². The van der Waals surface area contributed by atoms with E-state index < -0.39 is 10.0 Å². The first-order valence-electron chi connectivity index (χ1n) is 7.52. The number of benzene rings is 1. The quantitative estimate of drug-likeness (QED) is 0.735. The van der Waals surface area contributed by atoms with Gasteiger partial charge in [0.05, 0.1) is 18.9 Å². The van der Waals surface area contributed by atoms with E-state index in [1.807, 2.05) is 13.8 Å². The van der Waals surface area contributed by atoms with Crippen LogP contribution in [0, 0.1) is 0 Å². The summed E-state index contributed by atoms with van der Waals surface area (Å²) in [5.41, 5.74) is 0.452. The van der Waals surface area contributed by atoms with Gasteiger partial charge in [-0.1, -0.05) is 19.9 Å². The molecule has 23 heavy (non-hydrogen) atoms. The molecule has 0 aliphatic carbocycles. The van der Waals surface area contributed by atoms with Crippen molar-refractivity contribution in [3.05, 3.63) is 35.7 Å². The molecular formula is C16H21NO4S2. The Balaban J connectivity index is 2.22. The third kappa shape index (κ3) is 4.87. The van der Waals surface area contributed by atoms with Gasteiger partial charge in [0.2, 0.25) is 0 Å². The predicted molar refractivity (Wildman–Crippen MR) is 93.1 cm³/mol. The van der Waals surface area contributed by atoms with E-state index in [2.05, 4.69) is 4.72 Å². The number of thiophene rings is 1. The molecule has 0 amide bonds. The number of nitrogens with one attached hydrogen (secondary N) is 1. The highest BCUT2D eigenvalue weighted by atomic mass is 32.2. The summed E-state index contributed by atoms with van der Waals surface area (Å²) >= 11 is 1.18. The standard InChI is InChI=1S/C16H21NO4S2/c1-3-9-20-14-8-7-13(12-15(14)21-10-4-2)17-23(18,19)16-6-5-11-22-16/h5-8,11-12,17H,3-4,9-10H2,1-2H3. The maximum atomic E-state index is 12.3. The van der Waals surface area contributed by atoms with Crippen LogP contribution in [0.15, 0.2) is 39.9 Å². The van der Waals surface area contributed by atoms with Crippen LogP contribution < -0.4 is 14.2 Å². The van der Waals surface area contributed by atoms with E-state index in [-0.39, 0.29) is 4.21 Å². The van der Waals surface area contributed by atoms with Crippen molar-refractivity contribution in [2.24, 2.45) is 0 Å². The number of ether oxygens (including phenoxy) is 2. The van der Waals surface area contributed by atoms with Crippen LogP contribution in [-0.4, -0.2) is 21.6 Å². The number of sulfonamides is 1. The number of anilines is 1. The van der Waals surface area contributed by atoms with E-state index in [0.29, 0.717) is 30.4 Å². The maximum absolute atomic E-state index is 12.3. The van der Waals surface area contributed by atoms with Crippen molar-refractivity contribution in [1.82, 2.24) is 0 Å². The van der Waals surface area contributed by atoms with Crippen LogP contribution in [0.4, 0.5) is 5.69 Å². The molecule has 0 bridgehead atoms. The van der Waals surface area contributed by atoms with Crippen molar-refractivity contribution in [2.75, 3.05) is 17.9 Å². The molecule has 5 nitrogen and oxygen atoms in total. The van der Waals surface area contributed by atoms with E-state index in [9.17, 15) is 8.42 Å². The largest absolute Gasteiger partial charge is 0.490 e. The van der Waals surface area contributed by atoms with Gasteiger partial charge in [-0.15, -0.1) is 11.3 Å². The molecule has 7 heteroatoms. The molecule has 126 valence electrons. The summed E-state index contributed by atoms with van der Waals surface area (Å²) in [6, 6.07) is 8.34. The van der Waals surface area contributed by atoms with Crippen molar-refractivity contribution >= 4 is 27.0 Å². The summed E-state index contributed by atoms with van der Waals surface area (Å²) in [4.78, 5) is 0.